The van der Waals surface area contributed by atoms with Crippen molar-refractivity contribution in [1.29, 1.82) is 0 Å². The predicted molar refractivity (Wildman–Crippen MR) is 75.9 cm³/mol. The van der Waals surface area contributed by atoms with Gasteiger partial charge in [0.15, 0.2) is 0 Å². The van der Waals surface area contributed by atoms with E-state index in [9.17, 15) is 9.90 Å². The van der Waals surface area contributed by atoms with E-state index in [4.69, 9.17) is 5.73 Å². The molecular weight excluding hydrogens is 242 g/mol. The van der Waals surface area contributed by atoms with Crippen molar-refractivity contribution in [2.45, 2.75) is 25.9 Å². The zero-order chi connectivity index (χ0) is 14.3. The molecular formula is C14H23N3O2. The normalized spacial score (nSPS) is 12.4. The van der Waals surface area contributed by atoms with Crippen LogP contribution >= 0.6 is 0 Å². The van der Waals surface area contributed by atoms with Gasteiger partial charge in [-0.15, -0.1) is 0 Å². The molecule has 1 atom stereocenters. The molecule has 0 bridgehead atoms. The first kappa shape index (κ1) is 15.5. The maximum atomic E-state index is 10.4. The summed E-state index contributed by atoms with van der Waals surface area (Å²) in [5.41, 5.74) is 7.08. The highest BCUT2D eigenvalue weighted by Gasteiger charge is 2.07. The molecule has 2 amide bonds. The molecule has 106 valence electrons. The molecule has 0 saturated heterocycles. The maximum absolute atomic E-state index is 10.4. The van der Waals surface area contributed by atoms with Crippen LogP contribution in [0.5, 0.6) is 0 Å². The van der Waals surface area contributed by atoms with Crippen molar-refractivity contribution in [1.82, 2.24) is 10.6 Å². The number of primary amides is 1. The van der Waals surface area contributed by atoms with E-state index >= 15 is 0 Å². The minimum atomic E-state index is -0.546. The van der Waals surface area contributed by atoms with Crippen LogP contribution in [0.1, 0.15) is 37.0 Å². The molecule has 1 rings (SSSR count). The lowest BCUT2D eigenvalue weighted by molar-refractivity contribution is 0.175. The second kappa shape index (κ2) is 7.76. The summed E-state index contributed by atoms with van der Waals surface area (Å²) in [6.07, 6.45) is -0.546. The number of carbonyl (C=O) groups excluding carboxylic acids is 1. The second-order valence-electron chi connectivity index (χ2n) is 4.83. The fourth-order valence-corrected chi connectivity index (χ4v) is 1.73. The van der Waals surface area contributed by atoms with Gasteiger partial charge in [0.25, 0.3) is 0 Å². The quantitative estimate of drug-likeness (QED) is 0.557. The molecule has 0 radical (unpaired) electrons. The van der Waals surface area contributed by atoms with E-state index in [0.717, 1.165) is 5.56 Å². The third-order valence-corrected chi connectivity index (χ3v) is 2.93. The van der Waals surface area contributed by atoms with Gasteiger partial charge in [-0.3, -0.25) is 0 Å². The van der Waals surface area contributed by atoms with Gasteiger partial charge >= 0.3 is 6.03 Å². The van der Waals surface area contributed by atoms with Gasteiger partial charge in [-0.05, 0) is 17.0 Å². The molecule has 0 aromatic heterocycles. The summed E-state index contributed by atoms with van der Waals surface area (Å²) in [6.45, 7) is 5.75. The molecule has 0 aliphatic heterocycles. The Morgan fingerprint density at radius 1 is 1.21 bits per heavy atom. The molecule has 0 aliphatic carbocycles. The summed E-state index contributed by atoms with van der Waals surface area (Å²) < 4.78 is 0. The molecule has 0 aliphatic rings. The van der Waals surface area contributed by atoms with Crippen molar-refractivity contribution in [2.75, 3.05) is 19.6 Å². The number of amides is 2. The van der Waals surface area contributed by atoms with Gasteiger partial charge in [-0.1, -0.05) is 38.1 Å². The Morgan fingerprint density at radius 2 is 1.79 bits per heavy atom. The number of carbonyl (C=O) groups is 1. The zero-order valence-corrected chi connectivity index (χ0v) is 11.5. The van der Waals surface area contributed by atoms with Crippen LogP contribution in [0.25, 0.3) is 0 Å². The second-order valence-corrected chi connectivity index (χ2v) is 4.83. The Hall–Kier alpha value is -1.59. The van der Waals surface area contributed by atoms with Crippen molar-refractivity contribution in [2.24, 2.45) is 5.73 Å². The van der Waals surface area contributed by atoms with Gasteiger partial charge in [0.1, 0.15) is 0 Å². The van der Waals surface area contributed by atoms with Crippen LogP contribution in [0.2, 0.25) is 0 Å². The molecule has 5 N–H and O–H groups in total. The molecule has 1 aromatic carbocycles. The highest BCUT2D eigenvalue weighted by atomic mass is 16.3. The van der Waals surface area contributed by atoms with Gasteiger partial charge in [0.05, 0.1) is 6.10 Å². The highest BCUT2D eigenvalue weighted by Crippen LogP contribution is 2.18. The molecule has 0 spiro atoms. The Morgan fingerprint density at radius 3 is 2.32 bits per heavy atom. The lowest BCUT2D eigenvalue weighted by Crippen LogP contribution is -2.36. The van der Waals surface area contributed by atoms with Gasteiger partial charge in [0, 0.05) is 19.6 Å². The Labute approximate surface area is 114 Å². The van der Waals surface area contributed by atoms with Gasteiger partial charge in [-0.25, -0.2) is 4.79 Å². The first-order valence-corrected chi connectivity index (χ1v) is 6.52. The molecule has 5 nitrogen and oxygen atoms in total. The molecule has 0 heterocycles. The van der Waals surface area contributed by atoms with E-state index in [2.05, 4.69) is 24.5 Å². The van der Waals surface area contributed by atoms with Crippen molar-refractivity contribution >= 4 is 6.03 Å². The Kier molecular flexibility index (Phi) is 6.32. The smallest absolute Gasteiger partial charge is 0.312 e. The number of benzene rings is 1. The summed E-state index contributed by atoms with van der Waals surface area (Å²) in [5, 5.41) is 15.5. The summed E-state index contributed by atoms with van der Waals surface area (Å²) in [6, 6.07) is 7.44. The lowest BCUT2D eigenvalue weighted by atomic mass is 10.00. The van der Waals surface area contributed by atoms with Crippen LogP contribution in [0, 0.1) is 0 Å². The lowest BCUT2D eigenvalue weighted by Gasteiger charge is -2.13. The number of aliphatic hydroxyl groups is 1. The number of aliphatic hydroxyl groups excluding tert-OH is 1. The molecule has 0 saturated carbocycles. The maximum Gasteiger partial charge on any atom is 0.312 e. The summed E-state index contributed by atoms with van der Waals surface area (Å²) in [4.78, 5) is 10.4. The average Bonchev–Trinajstić information content (AvgIpc) is 2.37. The summed E-state index contributed by atoms with van der Waals surface area (Å²) in [7, 11) is 0. The first-order valence-electron chi connectivity index (χ1n) is 6.52. The topological polar surface area (TPSA) is 87.4 Å². The van der Waals surface area contributed by atoms with Crippen LogP contribution in [0.15, 0.2) is 24.3 Å². The van der Waals surface area contributed by atoms with E-state index in [1.54, 1.807) is 0 Å². The molecule has 19 heavy (non-hydrogen) atoms. The van der Waals surface area contributed by atoms with Crippen molar-refractivity contribution in [3.63, 3.8) is 0 Å². The number of hydrogen-bond donors (Lipinski definition) is 4. The van der Waals surface area contributed by atoms with Gasteiger partial charge in [-0.2, -0.15) is 0 Å². The Bertz CT molecular complexity index is 390. The third kappa shape index (κ3) is 5.72. The van der Waals surface area contributed by atoms with E-state index in [0.29, 0.717) is 25.6 Å². The van der Waals surface area contributed by atoms with Crippen molar-refractivity contribution in [3.05, 3.63) is 35.4 Å². The average molecular weight is 265 g/mol. The molecule has 1 unspecified atom stereocenters. The predicted octanol–water partition coefficient (Wildman–Crippen LogP) is 1.10. The number of hydrogen-bond acceptors (Lipinski definition) is 3. The summed E-state index contributed by atoms with van der Waals surface area (Å²) >= 11 is 0. The van der Waals surface area contributed by atoms with Crippen LogP contribution in [0.4, 0.5) is 4.79 Å². The monoisotopic (exact) mass is 265 g/mol. The first-order chi connectivity index (χ1) is 9.00. The summed E-state index contributed by atoms with van der Waals surface area (Å²) in [5.74, 6) is 0.490. The minimum Gasteiger partial charge on any atom is -0.387 e. The van der Waals surface area contributed by atoms with E-state index in [1.807, 2.05) is 24.3 Å². The number of nitrogens with two attached hydrogens (primary N) is 1. The number of urea groups is 1. The van der Waals surface area contributed by atoms with E-state index in [1.165, 1.54) is 5.56 Å². The van der Waals surface area contributed by atoms with Crippen LogP contribution < -0.4 is 16.4 Å². The van der Waals surface area contributed by atoms with Crippen LogP contribution in [-0.4, -0.2) is 30.8 Å². The largest absolute Gasteiger partial charge is 0.387 e. The molecule has 0 fully saturated rings. The van der Waals surface area contributed by atoms with Gasteiger partial charge in [0.2, 0.25) is 0 Å². The Balaban J connectivity index is 2.32. The van der Waals surface area contributed by atoms with Crippen molar-refractivity contribution in [3.8, 4) is 0 Å². The molecule has 1 aromatic rings. The van der Waals surface area contributed by atoms with Crippen LogP contribution in [-0.2, 0) is 0 Å². The van der Waals surface area contributed by atoms with Crippen LogP contribution in [0.3, 0.4) is 0 Å². The SMILES string of the molecule is CC(C)c1ccc(C(O)CNCCNC(N)=O)cc1. The zero-order valence-electron chi connectivity index (χ0n) is 11.5. The van der Waals surface area contributed by atoms with E-state index in [-0.39, 0.29) is 0 Å². The minimum absolute atomic E-state index is 0.446. The fourth-order valence-electron chi connectivity index (χ4n) is 1.73. The van der Waals surface area contributed by atoms with E-state index < -0.39 is 12.1 Å². The number of nitrogens with one attached hydrogen (secondary N) is 2. The standard InChI is InChI=1S/C14H23N3O2/c1-10(2)11-3-5-12(6-4-11)13(18)9-16-7-8-17-14(15)19/h3-6,10,13,16,18H,7-9H2,1-2H3,(H3,15,17,19). The molecule has 5 heteroatoms. The highest BCUT2D eigenvalue weighted by molar-refractivity contribution is 5.71. The third-order valence-electron chi connectivity index (χ3n) is 2.93. The fraction of sp³-hybridized carbons (Fsp3) is 0.500. The van der Waals surface area contributed by atoms with Crippen molar-refractivity contribution < 1.29 is 9.90 Å². The van der Waals surface area contributed by atoms with Gasteiger partial charge < -0.3 is 21.5 Å². The number of rotatable bonds is 7.